The summed E-state index contributed by atoms with van der Waals surface area (Å²) in [5.41, 5.74) is 7.75. The number of nitrogens with zero attached hydrogens (tertiary/aromatic N) is 3. The van der Waals surface area contributed by atoms with Gasteiger partial charge in [-0.2, -0.15) is 4.98 Å². The number of hydrogen-bond donors (Lipinski definition) is 1. The highest BCUT2D eigenvalue weighted by Gasteiger charge is 2.07. The van der Waals surface area contributed by atoms with Gasteiger partial charge in [-0.1, -0.05) is 17.2 Å². The Bertz CT molecular complexity index is 761. The summed E-state index contributed by atoms with van der Waals surface area (Å²) < 4.78 is 10.6. The van der Waals surface area contributed by atoms with Crippen LogP contribution in [0.15, 0.2) is 42.5 Å². The third-order valence-corrected chi connectivity index (χ3v) is 2.76. The molecule has 0 aliphatic rings. The van der Waals surface area contributed by atoms with Crippen molar-refractivity contribution < 1.29 is 9.47 Å². The molecule has 2 N–H and O–H groups in total. The van der Waals surface area contributed by atoms with Crippen LogP contribution in [-0.2, 0) is 0 Å². The number of fused-ring (bicyclic) bond motifs is 1. The van der Waals surface area contributed by atoms with E-state index in [0.717, 1.165) is 0 Å². The molecule has 0 aliphatic heterocycles. The third-order valence-electron chi connectivity index (χ3n) is 2.76. The van der Waals surface area contributed by atoms with Crippen LogP contribution in [0.2, 0.25) is 0 Å². The van der Waals surface area contributed by atoms with Crippen molar-refractivity contribution in [3.05, 3.63) is 42.5 Å². The maximum Gasteiger partial charge on any atom is 0.341 e. The Balaban J connectivity index is 1.92. The average molecular weight is 268 g/mol. The standard InChI is InChI=1S/C14H12N4O2/c1-19-9-6-7-13(10(15)8-9)20-14-16-11-4-2-3-5-12(11)17-18-14/h2-8H,15H2,1H3. The zero-order valence-corrected chi connectivity index (χ0v) is 10.8. The summed E-state index contributed by atoms with van der Waals surface area (Å²) in [6.07, 6.45) is 0. The van der Waals surface area contributed by atoms with Crippen LogP contribution >= 0.6 is 0 Å². The first-order valence-corrected chi connectivity index (χ1v) is 5.97. The van der Waals surface area contributed by atoms with E-state index < -0.39 is 0 Å². The number of aromatic nitrogens is 3. The molecule has 0 amide bonds. The molecule has 1 heterocycles. The predicted octanol–water partition coefficient (Wildman–Crippen LogP) is 2.41. The lowest BCUT2D eigenvalue weighted by Crippen LogP contribution is -1.98. The summed E-state index contributed by atoms with van der Waals surface area (Å²) in [4.78, 5) is 4.27. The first kappa shape index (κ1) is 12.2. The fourth-order valence-corrected chi connectivity index (χ4v) is 1.75. The Labute approximate surface area is 115 Å². The second-order valence-corrected chi connectivity index (χ2v) is 4.09. The third kappa shape index (κ3) is 2.31. The van der Waals surface area contributed by atoms with Crippen molar-refractivity contribution in [2.45, 2.75) is 0 Å². The molecule has 6 nitrogen and oxygen atoms in total. The minimum Gasteiger partial charge on any atom is -0.497 e. The summed E-state index contributed by atoms with van der Waals surface area (Å²) in [6, 6.07) is 12.7. The van der Waals surface area contributed by atoms with Crippen LogP contribution in [0, 0.1) is 0 Å². The molecular formula is C14H12N4O2. The monoisotopic (exact) mass is 268 g/mol. The molecule has 2 aromatic carbocycles. The Kier molecular flexibility index (Phi) is 3.04. The Morgan fingerprint density at radius 1 is 1.00 bits per heavy atom. The summed E-state index contributed by atoms with van der Waals surface area (Å²) in [7, 11) is 1.58. The summed E-state index contributed by atoms with van der Waals surface area (Å²) in [6.45, 7) is 0. The van der Waals surface area contributed by atoms with Crippen molar-refractivity contribution in [2.75, 3.05) is 12.8 Å². The molecule has 0 aliphatic carbocycles. The molecule has 20 heavy (non-hydrogen) atoms. The number of nitrogens with two attached hydrogens (primary N) is 1. The number of ether oxygens (including phenoxy) is 2. The highest BCUT2D eigenvalue weighted by molar-refractivity contribution is 5.73. The van der Waals surface area contributed by atoms with Gasteiger partial charge in [-0.3, -0.25) is 0 Å². The minimum absolute atomic E-state index is 0.153. The topological polar surface area (TPSA) is 83.2 Å². The molecule has 100 valence electrons. The second-order valence-electron chi connectivity index (χ2n) is 4.09. The summed E-state index contributed by atoms with van der Waals surface area (Å²) in [5.74, 6) is 1.12. The van der Waals surface area contributed by atoms with Crippen LogP contribution in [0.5, 0.6) is 17.5 Å². The van der Waals surface area contributed by atoms with E-state index in [-0.39, 0.29) is 6.01 Å². The first-order valence-electron chi connectivity index (χ1n) is 5.97. The van der Waals surface area contributed by atoms with Gasteiger partial charge in [0, 0.05) is 6.07 Å². The molecule has 1 aromatic heterocycles. The molecule has 0 spiro atoms. The lowest BCUT2D eigenvalue weighted by Gasteiger charge is -2.08. The SMILES string of the molecule is COc1ccc(Oc2nnc3ccccc3n2)c(N)c1. The highest BCUT2D eigenvalue weighted by Crippen LogP contribution is 2.29. The number of benzene rings is 2. The van der Waals surface area contributed by atoms with Crippen molar-refractivity contribution in [1.29, 1.82) is 0 Å². The lowest BCUT2D eigenvalue weighted by atomic mass is 10.3. The van der Waals surface area contributed by atoms with Gasteiger partial charge in [-0.05, 0) is 24.3 Å². The van der Waals surface area contributed by atoms with Gasteiger partial charge in [-0.25, -0.2) is 0 Å². The molecule has 0 saturated heterocycles. The molecule has 0 unspecified atom stereocenters. The number of hydrogen-bond acceptors (Lipinski definition) is 6. The first-order chi connectivity index (χ1) is 9.76. The smallest absolute Gasteiger partial charge is 0.341 e. The van der Waals surface area contributed by atoms with Crippen LogP contribution in [0.25, 0.3) is 11.0 Å². The number of anilines is 1. The molecule has 0 fully saturated rings. The fourth-order valence-electron chi connectivity index (χ4n) is 1.75. The van der Waals surface area contributed by atoms with E-state index in [1.165, 1.54) is 0 Å². The molecule has 0 radical (unpaired) electrons. The number of para-hydroxylation sites is 1. The fraction of sp³-hybridized carbons (Fsp3) is 0.0714. The van der Waals surface area contributed by atoms with Gasteiger partial charge in [-0.15, -0.1) is 5.10 Å². The number of nitrogen functional groups attached to an aromatic ring is 1. The van der Waals surface area contributed by atoms with E-state index >= 15 is 0 Å². The summed E-state index contributed by atoms with van der Waals surface area (Å²) >= 11 is 0. The zero-order chi connectivity index (χ0) is 13.9. The van der Waals surface area contributed by atoms with Crippen molar-refractivity contribution in [3.63, 3.8) is 0 Å². The second kappa shape index (κ2) is 5.00. The van der Waals surface area contributed by atoms with E-state index in [0.29, 0.717) is 28.2 Å². The van der Waals surface area contributed by atoms with Crippen molar-refractivity contribution in [2.24, 2.45) is 0 Å². The van der Waals surface area contributed by atoms with Gasteiger partial charge in [0.15, 0.2) is 5.75 Å². The van der Waals surface area contributed by atoms with E-state index in [4.69, 9.17) is 15.2 Å². The highest BCUT2D eigenvalue weighted by atomic mass is 16.5. The van der Waals surface area contributed by atoms with Gasteiger partial charge in [0.1, 0.15) is 11.3 Å². The largest absolute Gasteiger partial charge is 0.497 e. The van der Waals surface area contributed by atoms with Crippen LogP contribution in [0.1, 0.15) is 0 Å². The van der Waals surface area contributed by atoms with E-state index in [9.17, 15) is 0 Å². The van der Waals surface area contributed by atoms with Gasteiger partial charge in [0.25, 0.3) is 0 Å². The van der Waals surface area contributed by atoms with Crippen molar-refractivity contribution >= 4 is 16.7 Å². The molecule has 0 atom stereocenters. The molecular weight excluding hydrogens is 256 g/mol. The minimum atomic E-state index is 0.153. The van der Waals surface area contributed by atoms with Crippen LogP contribution < -0.4 is 15.2 Å². The van der Waals surface area contributed by atoms with E-state index in [1.54, 1.807) is 25.3 Å². The Morgan fingerprint density at radius 2 is 1.80 bits per heavy atom. The van der Waals surface area contributed by atoms with E-state index in [2.05, 4.69) is 15.2 Å². The molecule has 3 aromatic rings. The van der Waals surface area contributed by atoms with Crippen molar-refractivity contribution in [3.8, 4) is 17.5 Å². The van der Waals surface area contributed by atoms with Gasteiger partial charge in [0.2, 0.25) is 0 Å². The molecule has 6 heteroatoms. The maximum absolute atomic E-state index is 5.88. The molecule has 0 bridgehead atoms. The van der Waals surface area contributed by atoms with E-state index in [1.807, 2.05) is 24.3 Å². The zero-order valence-electron chi connectivity index (χ0n) is 10.8. The van der Waals surface area contributed by atoms with Crippen LogP contribution in [0.3, 0.4) is 0 Å². The summed E-state index contributed by atoms with van der Waals surface area (Å²) in [5, 5.41) is 7.95. The van der Waals surface area contributed by atoms with Gasteiger partial charge in [0.05, 0.1) is 18.3 Å². The lowest BCUT2D eigenvalue weighted by molar-refractivity contribution is 0.411. The molecule has 3 rings (SSSR count). The normalized spacial score (nSPS) is 10.4. The Hall–Kier alpha value is -2.89. The van der Waals surface area contributed by atoms with Crippen LogP contribution in [-0.4, -0.2) is 22.3 Å². The quantitative estimate of drug-likeness (QED) is 0.734. The van der Waals surface area contributed by atoms with Gasteiger partial charge >= 0.3 is 6.01 Å². The maximum atomic E-state index is 5.88. The molecule has 0 saturated carbocycles. The number of rotatable bonds is 3. The van der Waals surface area contributed by atoms with Crippen molar-refractivity contribution in [1.82, 2.24) is 15.2 Å². The van der Waals surface area contributed by atoms with Gasteiger partial charge < -0.3 is 15.2 Å². The predicted molar refractivity (Wildman–Crippen MR) is 74.8 cm³/mol. The average Bonchev–Trinajstić information content (AvgIpc) is 2.49. The Morgan fingerprint density at radius 3 is 2.55 bits per heavy atom. The number of methoxy groups -OCH3 is 1. The van der Waals surface area contributed by atoms with Crippen LogP contribution in [0.4, 0.5) is 5.69 Å².